The van der Waals surface area contributed by atoms with E-state index in [1.165, 1.54) is 58.2 Å². The summed E-state index contributed by atoms with van der Waals surface area (Å²) in [6, 6.07) is 33.5. The number of rotatable bonds is 12. The summed E-state index contributed by atoms with van der Waals surface area (Å²) in [5.74, 6) is 0. The van der Waals surface area contributed by atoms with Gasteiger partial charge in [0.25, 0.3) is 0 Å². The quantitative estimate of drug-likeness (QED) is 0.102. The average Bonchev–Trinajstić information content (AvgIpc) is 3.66. The van der Waals surface area contributed by atoms with Crippen LogP contribution in [0.2, 0.25) is 9.26 Å². The van der Waals surface area contributed by atoms with Gasteiger partial charge in [0.1, 0.15) is 0 Å². The van der Waals surface area contributed by atoms with Gasteiger partial charge in [0, 0.05) is 0 Å². The van der Waals surface area contributed by atoms with Crippen LogP contribution in [0.4, 0.5) is 0 Å². The second kappa shape index (κ2) is 18.2. The van der Waals surface area contributed by atoms with Crippen LogP contribution in [0.15, 0.2) is 96.1 Å². The van der Waals surface area contributed by atoms with E-state index in [1.807, 2.05) is 0 Å². The van der Waals surface area contributed by atoms with Crippen molar-refractivity contribution in [2.45, 2.75) is 148 Å². The maximum Gasteiger partial charge on any atom is -0.147 e. The minimum atomic E-state index is -3.80. The van der Waals surface area contributed by atoms with Crippen molar-refractivity contribution in [1.82, 2.24) is 0 Å². The summed E-state index contributed by atoms with van der Waals surface area (Å²) in [5.41, 5.74) is 19.7. The van der Waals surface area contributed by atoms with Gasteiger partial charge in [-0.25, -0.2) is 0 Å². The summed E-state index contributed by atoms with van der Waals surface area (Å²) in [7, 11) is 0. The second-order valence-corrected chi connectivity index (χ2v) is 51.9. The molecule has 0 N–H and O–H groups in total. The zero-order valence-corrected chi connectivity index (χ0v) is 43.7. The molecule has 4 aromatic rings. The first kappa shape index (κ1) is 48.7. The molecular formula is C53H74Cl2OSiZr. The third kappa shape index (κ3) is 10.0. The fourth-order valence-corrected chi connectivity index (χ4v) is 30.9. The number of ether oxygens (including phenoxy) is 1. The predicted molar refractivity (Wildman–Crippen MR) is 261 cm³/mol. The van der Waals surface area contributed by atoms with Gasteiger partial charge in [-0.15, -0.1) is 24.8 Å². The van der Waals surface area contributed by atoms with E-state index in [9.17, 15) is 0 Å². The van der Waals surface area contributed by atoms with Crippen LogP contribution in [0.1, 0.15) is 155 Å². The summed E-state index contributed by atoms with van der Waals surface area (Å²) in [4.78, 5) is 0. The van der Waals surface area contributed by atoms with Gasteiger partial charge in [-0.3, -0.25) is 0 Å². The normalized spacial score (nSPS) is 17.0. The van der Waals surface area contributed by atoms with Crippen molar-refractivity contribution >= 4 is 43.3 Å². The van der Waals surface area contributed by atoms with Crippen LogP contribution in [0.25, 0.3) is 33.9 Å². The van der Waals surface area contributed by atoms with E-state index in [-0.39, 0.29) is 41.2 Å². The van der Waals surface area contributed by atoms with Crippen LogP contribution in [0.3, 0.4) is 0 Å². The average molecular weight is 917 g/mol. The Labute approximate surface area is 368 Å². The molecule has 4 aromatic carbocycles. The van der Waals surface area contributed by atoms with Crippen molar-refractivity contribution in [2.24, 2.45) is 0 Å². The Kier molecular flexibility index (Phi) is 15.2. The van der Waals surface area contributed by atoms with Crippen molar-refractivity contribution in [3.63, 3.8) is 0 Å². The van der Waals surface area contributed by atoms with Gasteiger partial charge in [-0.2, -0.15) is 0 Å². The maximum absolute atomic E-state index is 6.06. The zero-order chi connectivity index (χ0) is 40.9. The van der Waals surface area contributed by atoms with Crippen LogP contribution in [-0.4, -0.2) is 19.1 Å². The minimum Gasteiger partial charge on any atom is -0.147 e. The van der Waals surface area contributed by atoms with Crippen molar-refractivity contribution in [3.05, 3.63) is 129 Å². The van der Waals surface area contributed by atoms with E-state index in [4.69, 9.17) is 4.74 Å². The van der Waals surface area contributed by atoms with Crippen molar-refractivity contribution in [3.8, 4) is 22.3 Å². The van der Waals surface area contributed by atoms with Crippen LogP contribution in [0.5, 0.6) is 0 Å². The molecule has 2 aliphatic rings. The van der Waals surface area contributed by atoms with Gasteiger partial charge in [0.15, 0.2) is 0 Å². The first-order chi connectivity index (χ1) is 26.1. The fourth-order valence-electron chi connectivity index (χ4n) is 10.3. The van der Waals surface area contributed by atoms with Crippen LogP contribution in [0, 0.1) is 0 Å². The molecule has 314 valence electrons. The fraction of sp³-hybridized carbons (Fsp3) is 0.472. The Hall–Kier alpha value is -2.00. The van der Waals surface area contributed by atoms with Gasteiger partial charge in [0.05, 0.1) is 0 Å². The summed E-state index contributed by atoms with van der Waals surface area (Å²) >= 11 is -3.80. The minimum absolute atomic E-state index is 0. The molecule has 0 radical (unpaired) electrons. The summed E-state index contributed by atoms with van der Waals surface area (Å²) in [6.45, 7) is 28.6. The molecule has 0 aliphatic heterocycles. The predicted octanol–water partition coefficient (Wildman–Crippen LogP) is 15.9. The first-order valence-corrected chi connectivity index (χ1v) is 35.4. The molecule has 0 saturated heterocycles. The maximum atomic E-state index is 6.06. The molecule has 0 spiro atoms. The Bertz CT molecular complexity index is 2200. The molecule has 0 saturated carbocycles. The number of unbranched alkanes of at least 4 members (excludes halogenated alkanes) is 3. The Morgan fingerprint density at radius 1 is 0.621 bits per heavy atom. The van der Waals surface area contributed by atoms with Crippen LogP contribution < -0.4 is 0 Å². The SMILES string of the molecule is CCC1=Cc2c(-c3ccc(C(C)(C)C)cc3)cccc2[CH]1[Zr]([CH3])([CH3])(=[SiH2])[CH]1C(C)=C(CCCCCCOC(C)(C)C)c2c(-c3ccc(C(C)(C)C)cc3)cccc21.Cl.Cl. The number of halogens is 2. The van der Waals surface area contributed by atoms with Gasteiger partial charge < -0.3 is 0 Å². The molecule has 0 bridgehead atoms. The standard InChI is InChI=1S/C30H41O.C21H23.2CH3.2ClH.H2Si.Zr/c1-22-21-24-13-12-15-27(23-16-18-25(19-17-23)29(2,3)4)28(24)26(22)14-10-8-9-11-20-31-30(5,6)7;1-5-15-13-17-7-6-8-19(20(17)14-15)16-9-11-18(12-10-16)21(2,3)4;;;;;;/h12-13,15-19,21H,8-11,14,20H2,1-7H3;6-14H,5H2,1-4H3;2*1H3;2*1H;1H2;. The van der Waals surface area contributed by atoms with Crippen molar-refractivity contribution < 1.29 is 22.1 Å². The van der Waals surface area contributed by atoms with E-state index in [0.29, 0.717) is 7.25 Å². The van der Waals surface area contributed by atoms with E-state index in [1.54, 1.807) is 33.4 Å². The molecule has 1 nitrogen and oxygen atoms in total. The van der Waals surface area contributed by atoms with Gasteiger partial charge in [-0.1, -0.05) is 0 Å². The van der Waals surface area contributed by atoms with Crippen molar-refractivity contribution in [2.75, 3.05) is 6.61 Å². The van der Waals surface area contributed by atoms with E-state index >= 15 is 0 Å². The first-order valence-electron chi connectivity index (χ1n) is 21.7. The third-order valence-corrected chi connectivity index (χ3v) is 30.7. The molecule has 6 rings (SSSR count). The van der Waals surface area contributed by atoms with E-state index in [2.05, 4.69) is 183 Å². The number of fused-ring (bicyclic) bond motifs is 2. The van der Waals surface area contributed by atoms with Gasteiger partial charge in [0.2, 0.25) is 0 Å². The Balaban J connectivity index is 0.00000372. The number of allylic oxidation sites excluding steroid dienone is 3. The van der Waals surface area contributed by atoms with E-state index < -0.39 is 17.4 Å². The zero-order valence-electron chi connectivity index (χ0n) is 38.2. The number of hydrogen-bond donors (Lipinski definition) is 0. The van der Waals surface area contributed by atoms with Crippen LogP contribution >= 0.6 is 24.8 Å². The molecule has 0 aromatic heterocycles. The number of hydrogen-bond acceptors (Lipinski definition) is 1. The molecule has 2 aliphatic carbocycles. The molecular weight excluding hydrogens is 843 g/mol. The van der Waals surface area contributed by atoms with Crippen molar-refractivity contribution in [1.29, 1.82) is 0 Å². The third-order valence-electron chi connectivity index (χ3n) is 13.1. The largest absolute Gasteiger partial charge is 0.147 e. The summed E-state index contributed by atoms with van der Waals surface area (Å²) in [6.07, 6.45) is 9.69. The molecule has 2 atom stereocenters. The Morgan fingerprint density at radius 2 is 1.12 bits per heavy atom. The molecule has 5 heteroatoms. The topological polar surface area (TPSA) is 9.23 Å². The molecule has 0 fully saturated rings. The molecule has 2 unspecified atom stereocenters. The molecule has 0 amide bonds. The van der Waals surface area contributed by atoms with Gasteiger partial charge in [-0.05, 0) is 0 Å². The van der Waals surface area contributed by atoms with Gasteiger partial charge >= 0.3 is 347 Å². The monoisotopic (exact) mass is 914 g/mol. The molecule has 0 heterocycles. The Morgan fingerprint density at radius 3 is 1.64 bits per heavy atom. The summed E-state index contributed by atoms with van der Waals surface area (Å²) < 4.78 is 12.7. The van der Waals surface area contributed by atoms with Crippen LogP contribution in [-0.2, 0) is 33.0 Å². The summed E-state index contributed by atoms with van der Waals surface area (Å²) in [5, 5.41) is 0. The van der Waals surface area contributed by atoms with E-state index in [0.717, 1.165) is 25.9 Å². The second-order valence-electron chi connectivity index (χ2n) is 21.4. The smallest absolute Gasteiger partial charge is 0.147 e. The molecule has 58 heavy (non-hydrogen) atoms. The number of benzene rings is 4.